The van der Waals surface area contributed by atoms with Gasteiger partial charge in [-0.1, -0.05) is 0 Å². The molecule has 238 valence electrons. The molecule has 4 heterocycles. The van der Waals surface area contributed by atoms with Crippen molar-refractivity contribution in [3.63, 3.8) is 0 Å². The van der Waals surface area contributed by atoms with Gasteiger partial charge >= 0.3 is 5.97 Å². The van der Waals surface area contributed by atoms with Gasteiger partial charge in [0.2, 0.25) is 5.88 Å². The number of carboxylic acid groups (broad SMARTS) is 1. The Morgan fingerprint density at radius 1 is 1.07 bits per heavy atom. The van der Waals surface area contributed by atoms with Crippen molar-refractivity contribution in [1.29, 1.82) is 5.26 Å². The van der Waals surface area contributed by atoms with Crippen molar-refractivity contribution in [2.24, 2.45) is 0 Å². The zero-order valence-electron chi connectivity index (χ0n) is 24.7. The quantitative estimate of drug-likeness (QED) is 0.221. The molecule has 10 nitrogen and oxygen atoms in total. The Balaban J connectivity index is 1.10. The lowest BCUT2D eigenvalue weighted by atomic mass is 10.1. The van der Waals surface area contributed by atoms with Gasteiger partial charge in [-0.15, -0.1) is 0 Å². The van der Waals surface area contributed by atoms with E-state index in [1.165, 1.54) is 36.4 Å². The molecule has 1 N–H and O–H groups in total. The second-order valence-corrected chi connectivity index (χ2v) is 11.2. The predicted molar refractivity (Wildman–Crippen MR) is 159 cm³/mol. The lowest BCUT2D eigenvalue weighted by molar-refractivity contribution is -0.131. The second kappa shape index (κ2) is 13.6. The number of imidazole rings is 1. The number of likely N-dealkylation sites (tertiary alicyclic amines) is 1. The van der Waals surface area contributed by atoms with Crippen molar-refractivity contribution < 1.29 is 37.3 Å². The van der Waals surface area contributed by atoms with Gasteiger partial charge in [0.15, 0.2) is 17.4 Å². The normalized spacial score (nSPS) is 17.2. The molecule has 0 aliphatic carbocycles. The number of aromatic nitrogens is 3. The monoisotopic (exact) mass is 633 g/mol. The van der Waals surface area contributed by atoms with E-state index in [2.05, 4.69) is 14.9 Å². The minimum Gasteiger partial charge on any atom is -0.484 e. The number of pyridine rings is 1. The number of rotatable bonds is 11. The van der Waals surface area contributed by atoms with Crippen LogP contribution in [0.15, 0.2) is 48.5 Å². The maximum atomic E-state index is 15.1. The number of nitriles is 1. The minimum absolute atomic E-state index is 0.00167. The van der Waals surface area contributed by atoms with E-state index in [1.807, 2.05) is 10.6 Å². The van der Waals surface area contributed by atoms with Crippen LogP contribution in [-0.4, -0.2) is 62.4 Å². The summed E-state index contributed by atoms with van der Waals surface area (Å²) >= 11 is 0. The Morgan fingerprint density at radius 3 is 2.57 bits per heavy atom. The van der Waals surface area contributed by atoms with Crippen LogP contribution in [0, 0.1) is 28.8 Å². The molecule has 1 atom stereocenters. The molecule has 2 aromatic heterocycles. The summed E-state index contributed by atoms with van der Waals surface area (Å²) < 4.78 is 62.8. The van der Waals surface area contributed by atoms with Gasteiger partial charge < -0.3 is 23.9 Å². The first-order chi connectivity index (χ1) is 22.2. The van der Waals surface area contributed by atoms with Gasteiger partial charge in [-0.2, -0.15) is 5.26 Å². The van der Waals surface area contributed by atoms with E-state index in [0.717, 1.165) is 18.6 Å². The summed E-state index contributed by atoms with van der Waals surface area (Å²) in [5.41, 5.74) is 1.34. The Morgan fingerprint density at radius 2 is 1.87 bits per heavy atom. The highest BCUT2D eigenvalue weighted by molar-refractivity contribution is 5.87. The van der Waals surface area contributed by atoms with E-state index in [4.69, 9.17) is 24.6 Å². The molecule has 0 radical (unpaired) electrons. The highest BCUT2D eigenvalue weighted by atomic mass is 19.1. The zero-order valence-corrected chi connectivity index (χ0v) is 24.7. The molecule has 6 rings (SSSR count). The topological polar surface area (TPSA) is 123 Å². The molecule has 13 heteroatoms. The van der Waals surface area contributed by atoms with Crippen molar-refractivity contribution in [3.05, 3.63) is 88.6 Å². The van der Waals surface area contributed by atoms with Gasteiger partial charge in [0.25, 0.3) is 0 Å². The largest absolute Gasteiger partial charge is 0.484 e. The van der Waals surface area contributed by atoms with E-state index in [9.17, 15) is 13.6 Å². The van der Waals surface area contributed by atoms with Crippen LogP contribution in [-0.2, 0) is 29.2 Å². The van der Waals surface area contributed by atoms with Crippen LogP contribution in [0.1, 0.15) is 41.9 Å². The van der Waals surface area contributed by atoms with E-state index in [0.29, 0.717) is 62.5 Å². The fourth-order valence-electron chi connectivity index (χ4n) is 5.49. The number of nitrogens with zero attached hydrogens (tertiary/aromatic N) is 5. The van der Waals surface area contributed by atoms with Crippen molar-refractivity contribution in [2.75, 3.05) is 19.7 Å². The van der Waals surface area contributed by atoms with Crippen molar-refractivity contribution in [1.82, 2.24) is 19.4 Å². The van der Waals surface area contributed by atoms with Gasteiger partial charge in [0.05, 0.1) is 36.3 Å². The molecule has 2 aliphatic heterocycles. The maximum Gasteiger partial charge on any atom is 0.328 e. The van der Waals surface area contributed by atoms with Crippen LogP contribution in [0.4, 0.5) is 13.2 Å². The van der Waals surface area contributed by atoms with E-state index >= 15 is 4.39 Å². The number of hydrogen-bond acceptors (Lipinski definition) is 8. The first-order valence-corrected chi connectivity index (χ1v) is 14.8. The summed E-state index contributed by atoms with van der Waals surface area (Å²) in [7, 11) is 0. The predicted octanol–water partition coefficient (Wildman–Crippen LogP) is 5.23. The van der Waals surface area contributed by atoms with Crippen LogP contribution in [0.5, 0.6) is 11.6 Å². The maximum absolute atomic E-state index is 15.1. The van der Waals surface area contributed by atoms with Crippen LogP contribution in [0.3, 0.4) is 0 Å². The molecule has 0 amide bonds. The van der Waals surface area contributed by atoms with Crippen LogP contribution < -0.4 is 9.47 Å². The summed E-state index contributed by atoms with van der Waals surface area (Å²) in [6.07, 6.45) is 4.35. The van der Waals surface area contributed by atoms with Gasteiger partial charge in [0, 0.05) is 31.8 Å². The Kier molecular flexibility index (Phi) is 9.18. The average Bonchev–Trinajstić information content (AvgIpc) is 3.36. The third-order valence-corrected chi connectivity index (χ3v) is 8.01. The molecular formula is C33H30F3N5O5. The van der Waals surface area contributed by atoms with Crippen molar-refractivity contribution in [2.45, 2.75) is 51.2 Å². The third kappa shape index (κ3) is 7.14. The highest BCUT2D eigenvalue weighted by Gasteiger charge is 2.26. The van der Waals surface area contributed by atoms with Crippen LogP contribution in [0.25, 0.3) is 17.1 Å². The number of halogens is 3. The molecule has 4 aromatic rings. The lowest BCUT2D eigenvalue weighted by Crippen LogP contribution is -2.39. The van der Waals surface area contributed by atoms with Crippen LogP contribution in [0.2, 0.25) is 0 Å². The SMILES string of the molecule is N#Cc1ccc(OCc2nc(OC3CCN(Cc4nc5c(F)cc(/C=C/C(=O)O)cc5n4C[C@@H]4CCO4)CC3)ccc2F)c(F)c1. The molecule has 2 aliphatic rings. The number of carboxylic acids is 1. The summed E-state index contributed by atoms with van der Waals surface area (Å²) in [6.45, 7) is 2.66. The minimum atomic E-state index is -1.12. The van der Waals surface area contributed by atoms with E-state index in [-0.39, 0.29) is 47.2 Å². The molecule has 2 fully saturated rings. The second-order valence-electron chi connectivity index (χ2n) is 11.2. The standard InChI is InChI=1S/C33H30F3N5O5/c34-24-3-5-31(38-27(24)19-45-29-4-1-21(16-37)14-25(29)35)46-22-7-10-40(11-8-22)18-30-39-33-26(36)13-20(2-6-32(42)43)15-28(33)41(30)17-23-9-12-44-23/h1-6,13-15,22-23H,7-12,17-19H2,(H,42,43)/b6-2+/t23-/m0/s1. The van der Waals surface area contributed by atoms with Crippen LogP contribution >= 0.6 is 0 Å². The summed E-state index contributed by atoms with van der Waals surface area (Å²) in [5, 5.41) is 17.9. The molecule has 0 spiro atoms. The van der Waals surface area contributed by atoms with Gasteiger partial charge in [0.1, 0.15) is 35.6 Å². The first-order valence-electron chi connectivity index (χ1n) is 14.8. The Hall–Kier alpha value is -4.93. The van der Waals surface area contributed by atoms with Gasteiger partial charge in [-0.25, -0.2) is 27.9 Å². The summed E-state index contributed by atoms with van der Waals surface area (Å²) in [5.74, 6) is -2.20. The summed E-state index contributed by atoms with van der Waals surface area (Å²) in [6, 6.07) is 11.3. The zero-order chi connectivity index (χ0) is 32.2. The number of piperidine rings is 1. The summed E-state index contributed by atoms with van der Waals surface area (Å²) in [4.78, 5) is 22.1. The van der Waals surface area contributed by atoms with E-state index in [1.54, 1.807) is 6.07 Å². The Labute approximate surface area is 262 Å². The van der Waals surface area contributed by atoms with Crippen molar-refractivity contribution >= 4 is 23.1 Å². The fourth-order valence-corrected chi connectivity index (χ4v) is 5.49. The smallest absolute Gasteiger partial charge is 0.328 e. The molecule has 2 saturated heterocycles. The fraction of sp³-hybridized carbons (Fsp3) is 0.333. The number of hydrogen-bond donors (Lipinski definition) is 1. The molecule has 46 heavy (non-hydrogen) atoms. The molecule has 0 unspecified atom stereocenters. The number of benzene rings is 2. The first kappa shape index (κ1) is 31.1. The molecule has 0 bridgehead atoms. The lowest BCUT2D eigenvalue weighted by Gasteiger charge is -2.32. The number of aliphatic carboxylic acids is 1. The highest BCUT2D eigenvalue weighted by Crippen LogP contribution is 2.27. The van der Waals surface area contributed by atoms with E-state index < -0.39 is 23.4 Å². The molecular weight excluding hydrogens is 603 g/mol. The number of ether oxygens (including phenoxy) is 3. The molecule has 0 saturated carbocycles. The average molecular weight is 634 g/mol. The third-order valence-electron chi connectivity index (χ3n) is 8.01. The van der Waals surface area contributed by atoms with Gasteiger partial charge in [-0.05, 0) is 67.3 Å². The molecule has 2 aromatic carbocycles. The van der Waals surface area contributed by atoms with Gasteiger partial charge in [-0.3, -0.25) is 4.90 Å². The number of fused-ring (bicyclic) bond motifs is 1. The Bertz CT molecular complexity index is 1830. The van der Waals surface area contributed by atoms with Crippen molar-refractivity contribution in [3.8, 4) is 17.7 Å². The number of carbonyl (C=O) groups is 1.